The summed E-state index contributed by atoms with van der Waals surface area (Å²) < 4.78 is 55.7. The van der Waals surface area contributed by atoms with Gasteiger partial charge in [-0.2, -0.15) is 9.97 Å². The summed E-state index contributed by atoms with van der Waals surface area (Å²) in [7, 11) is -7.13. The van der Waals surface area contributed by atoms with E-state index in [9.17, 15) is 33.1 Å². The van der Waals surface area contributed by atoms with Gasteiger partial charge in [0.25, 0.3) is 0 Å². The summed E-state index contributed by atoms with van der Waals surface area (Å²) in [5, 5.41) is 4.80. The van der Waals surface area contributed by atoms with Crippen LogP contribution in [0.25, 0.3) is 0 Å². The van der Waals surface area contributed by atoms with Gasteiger partial charge in [-0.25, -0.2) is 19.4 Å². The molecule has 4 heterocycles. The molecule has 3 N–H and O–H groups in total. The van der Waals surface area contributed by atoms with Gasteiger partial charge in [0.1, 0.15) is 36.5 Å². The van der Waals surface area contributed by atoms with Crippen LogP contribution in [0.3, 0.4) is 0 Å². The summed E-state index contributed by atoms with van der Waals surface area (Å²) in [5.74, 6) is -0.912. The van der Waals surface area contributed by atoms with Gasteiger partial charge in [0.05, 0.1) is 32.9 Å². The zero-order chi connectivity index (χ0) is 38.0. The van der Waals surface area contributed by atoms with Crippen LogP contribution in [0, 0.1) is 0 Å². The Morgan fingerprint density at radius 1 is 0.902 bits per heavy atom. The molecule has 4 atom stereocenters. The van der Waals surface area contributed by atoms with E-state index in [4.69, 9.17) is 39.5 Å². The number of anilines is 2. The largest absolute Gasteiger partial charge is 0.438 e. The van der Waals surface area contributed by atoms with E-state index in [1.807, 2.05) is 6.92 Å². The highest BCUT2D eigenvalue weighted by atomic mass is 35.5. The van der Waals surface area contributed by atoms with Gasteiger partial charge in [-0.05, 0) is 19.1 Å². The number of nitrogens with one attached hydrogen (secondary N) is 2. The quantitative estimate of drug-likeness (QED) is 0.0518. The maximum Gasteiger partial charge on any atom is 0.359 e. The molecule has 0 aromatic carbocycles. The maximum atomic E-state index is 12.1. The third-order valence-electron chi connectivity index (χ3n) is 5.78. The van der Waals surface area contributed by atoms with Crippen LogP contribution in [0.4, 0.5) is 11.6 Å². The average Bonchev–Trinajstić information content (AvgIpc) is 3.04. The Labute approximate surface area is 295 Å². The van der Waals surface area contributed by atoms with Crippen LogP contribution in [0.2, 0.25) is 0 Å². The highest BCUT2D eigenvalue weighted by Gasteiger charge is 2.34. The molecular weight excluding hydrogens is 750 g/mol. The van der Waals surface area contributed by atoms with Crippen molar-refractivity contribution in [2.45, 2.75) is 53.0 Å². The van der Waals surface area contributed by atoms with E-state index < -0.39 is 57.9 Å². The van der Waals surface area contributed by atoms with Crippen LogP contribution in [0.5, 0.6) is 0 Å². The van der Waals surface area contributed by atoms with Gasteiger partial charge >= 0.3 is 32.5 Å². The number of amides is 2. The fourth-order valence-electron chi connectivity index (χ4n) is 3.63. The summed E-state index contributed by atoms with van der Waals surface area (Å²) in [5.41, 5.74) is -1.13. The third-order valence-corrected chi connectivity index (χ3v) is 8.40. The van der Waals surface area contributed by atoms with Crippen LogP contribution in [0.1, 0.15) is 27.7 Å². The highest BCUT2D eigenvalue weighted by Crippen LogP contribution is 2.50. The lowest BCUT2D eigenvalue weighted by molar-refractivity contribution is -0.276. The van der Waals surface area contributed by atoms with Crippen molar-refractivity contribution >= 4 is 56.2 Å². The zero-order valence-electron chi connectivity index (χ0n) is 28.0. The van der Waals surface area contributed by atoms with Crippen molar-refractivity contribution in [1.82, 2.24) is 19.1 Å². The monoisotopic (exact) mass is 788 g/mol. The van der Waals surface area contributed by atoms with Gasteiger partial charge in [-0.3, -0.25) is 37.2 Å². The van der Waals surface area contributed by atoms with E-state index in [-0.39, 0.29) is 62.2 Å². The standard InChI is InChI=1S/C13H18N3O8P.C10H14N3O6P.C3H7ClO2/c1-9(17)14-12-3-4-16(13(19)15-12)5-11-6-23-25(20,8-22-11)24-7-21-10(2)18;1-7(14)11-9-2-3-13(10(15)12-9)4-8-5-19-20(16,17)6-18-8;1-2-5-6-3-4/h3-4,11H,5-8H2,1-2H3,(H,14,15,17,19);2-3,8H,4-6H2,1H3,(H,16,17)(H,11,12,14,15);2-3H2,1H3. The minimum atomic E-state index is -3.64. The number of halogens is 1. The minimum absolute atomic E-state index is 0.0722. The van der Waals surface area contributed by atoms with Crippen molar-refractivity contribution < 1.29 is 66.0 Å². The number of rotatable bonds is 12. The van der Waals surface area contributed by atoms with Crippen molar-refractivity contribution in [3.8, 4) is 0 Å². The van der Waals surface area contributed by atoms with Gasteiger partial charge in [0.15, 0.2) is 6.07 Å². The van der Waals surface area contributed by atoms with Gasteiger partial charge in [-0.15, -0.1) is 0 Å². The van der Waals surface area contributed by atoms with Crippen LogP contribution in [-0.2, 0) is 74.2 Å². The Morgan fingerprint density at radius 2 is 1.41 bits per heavy atom. The number of ether oxygens (including phenoxy) is 3. The summed E-state index contributed by atoms with van der Waals surface area (Å²) in [4.78, 5) is 81.2. The van der Waals surface area contributed by atoms with E-state index in [0.29, 0.717) is 6.61 Å². The molecule has 0 saturated carbocycles. The lowest BCUT2D eigenvalue weighted by Gasteiger charge is -2.28. The van der Waals surface area contributed by atoms with Gasteiger partial charge < -0.3 is 38.8 Å². The van der Waals surface area contributed by atoms with Crippen LogP contribution >= 0.6 is 26.8 Å². The van der Waals surface area contributed by atoms with Crippen LogP contribution in [0.15, 0.2) is 34.1 Å². The maximum absolute atomic E-state index is 12.1. The van der Waals surface area contributed by atoms with E-state index in [1.54, 1.807) is 0 Å². The predicted octanol–water partition coefficient (Wildman–Crippen LogP) is 1.22. The van der Waals surface area contributed by atoms with Crippen molar-refractivity contribution in [3.63, 3.8) is 0 Å². The SMILES string of the molecule is CC(=O)Nc1ccn(CC2COP(=O)(O)CO2)c(=O)n1.CC(=O)Nc1ccn(CC2COP(=O)(OCOC(C)=O)CO2)c(=O)n1.CCOOCCl. The molecule has 2 amide bonds. The van der Waals surface area contributed by atoms with Gasteiger partial charge in [-0.1, -0.05) is 11.6 Å². The molecular formula is C26H39ClN6O16P2. The van der Waals surface area contributed by atoms with E-state index in [2.05, 4.69) is 35.1 Å². The number of hydrogen-bond acceptors (Lipinski definition) is 17. The minimum Gasteiger partial charge on any atom is -0.438 e. The van der Waals surface area contributed by atoms with E-state index in [0.717, 1.165) is 0 Å². The fraction of sp³-hybridized carbons (Fsp3) is 0.577. The molecule has 2 fully saturated rings. The number of nitrogens with zero attached hydrogens (tertiary/aromatic N) is 4. The Balaban J connectivity index is 0.000000310. The lowest BCUT2D eigenvalue weighted by Crippen LogP contribution is -2.35. The molecule has 4 rings (SSSR count). The second-order valence-corrected chi connectivity index (χ2v) is 14.1. The van der Waals surface area contributed by atoms with Crippen LogP contribution in [-0.4, -0.2) is 99.4 Å². The van der Waals surface area contributed by atoms with Crippen molar-refractivity contribution in [2.75, 3.05) is 56.0 Å². The molecule has 0 radical (unpaired) electrons. The summed E-state index contributed by atoms with van der Waals surface area (Å²) in [6, 6.07) is 3.05. The molecule has 0 aliphatic carbocycles. The molecule has 2 saturated heterocycles. The number of esters is 1. The van der Waals surface area contributed by atoms with Gasteiger partial charge in [0.2, 0.25) is 18.6 Å². The topological polar surface area (TPSA) is 273 Å². The molecule has 2 aliphatic heterocycles. The molecule has 4 unspecified atom stereocenters. The molecule has 0 bridgehead atoms. The molecule has 22 nitrogen and oxygen atoms in total. The first-order valence-corrected chi connectivity index (χ1v) is 18.8. The molecule has 2 aromatic heterocycles. The molecule has 0 spiro atoms. The molecule has 2 aromatic rings. The Bertz CT molecular complexity index is 1650. The number of hydrogen-bond donors (Lipinski definition) is 3. The fourth-order valence-corrected chi connectivity index (χ4v) is 5.79. The molecule has 286 valence electrons. The molecule has 51 heavy (non-hydrogen) atoms. The first kappa shape index (κ1) is 43.8. The van der Waals surface area contributed by atoms with Crippen molar-refractivity contribution in [2.24, 2.45) is 0 Å². The molecule has 2 aliphatic rings. The Hall–Kier alpha value is -3.40. The van der Waals surface area contributed by atoms with E-state index in [1.165, 1.54) is 54.4 Å². The number of carbonyl (C=O) groups excluding carboxylic acids is 3. The van der Waals surface area contributed by atoms with Crippen LogP contribution < -0.4 is 22.0 Å². The van der Waals surface area contributed by atoms with Gasteiger partial charge in [0, 0.05) is 33.2 Å². The molecule has 25 heteroatoms. The first-order valence-electron chi connectivity index (χ1n) is 14.8. The second-order valence-electron chi connectivity index (χ2n) is 10.0. The number of aromatic nitrogens is 4. The number of carbonyl (C=O) groups is 3. The Morgan fingerprint density at radius 3 is 1.76 bits per heavy atom. The highest BCUT2D eigenvalue weighted by molar-refractivity contribution is 7.53. The lowest BCUT2D eigenvalue weighted by atomic mass is 10.3. The first-order chi connectivity index (χ1) is 24.0. The smallest absolute Gasteiger partial charge is 0.359 e. The zero-order valence-corrected chi connectivity index (χ0v) is 30.5. The summed E-state index contributed by atoms with van der Waals surface area (Å²) >= 11 is 5.03. The summed E-state index contributed by atoms with van der Waals surface area (Å²) in [6.07, 6.45) is 1.14. The van der Waals surface area contributed by atoms with Crippen molar-refractivity contribution in [3.05, 3.63) is 45.5 Å². The second kappa shape index (κ2) is 21.8. The normalized spacial score (nSPS) is 22.6. The Kier molecular flexibility index (Phi) is 18.7. The average molecular weight is 789 g/mol. The summed E-state index contributed by atoms with van der Waals surface area (Å²) in [6.45, 7) is 5.81. The number of alkyl halides is 1. The van der Waals surface area contributed by atoms with E-state index >= 15 is 0 Å². The third kappa shape index (κ3) is 17.6. The predicted molar refractivity (Wildman–Crippen MR) is 176 cm³/mol. The van der Waals surface area contributed by atoms with Crippen molar-refractivity contribution in [1.29, 1.82) is 0 Å².